The van der Waals surface area contributed by atoms with E-state index < -0.39 is 29.5 Å². The number of amides is 1. The van der Waals surface area contributed by atoms with Crippen LogP contribution in [0, 0.1) is 17.5 Å². The maximum absolute atomic E-state index is 13.5. The number of hydrogen-bond acceptors (Lipinski definition) is 2. The van der Waals surface area contributed by atoms with E-state index in [1.54, 1.807) is 6.07 Å². The van der Waals surface area contributed by atoms with Crippen LogP contribution < -0.4 is 5.32 Å². The van der Waals surface area contributed by atoms with Crippen molar-refractivity contribution in [3.63, 3.8) is 0 Å². The molecular weight excluding hydrogens is 307 g/mol. The molecule has 6 heteroatoms. The summed E-state index contributed by atoms with van der Waals surface area (Å²) in [5.41, 5.74) is -0.283. The van der Waals surface area contributed by atoms with Gasteiger partial charge in [-0.1, -0.05) is 24.3 Å². The Hall–Kier alpha value is -2.60. The minimum Gasteiger partial charge on any atom is -0.386 e. The first kappa shape index (κ1) is 16.8. The lowest BCUT2D eigenvalue weighted by Crippen LogP contribution is -2.27. The number of halogens is 3. The number of hydrogen-bond donors (Lipinski definition) is 2. The van der Waals surface area contributed by atoms with Gasteiger partial charge in [-0.2, -0.15) is 0 Å². The normalized spacial score (nSPS) is 12.3. The van der Waals surface area contributed by atoms with E-state index in [9.17, 15) is 23.1 Å². The fourth-order valence-electron chi connectivity index (χ4n) is 1.94. The molecule has 0 bridgehead atoms. The van der Waals surface area contributed by atoms with Crippen molar-refractivity contribution in [1.29, 1.82) is 0 Å². The van der Waals surface area contributed by atoms with Gasteiger partial charge in [-0.05, 0) is 24.3 Å². The lowest BCUT2D eigenvalue weighted by atomic mass is 10.1. The minimum atomic E-state index is -1.22. The van der Waals surface area contributed by atoms with Crippen molar-refractivity contribution in [2.75, 3.05) is 6.54 Å². The Labute approximate surface area is 131 Å². The average Bonchev–Trinajstić information content (AvgIpc) is 2.52. The first-order valence-electron chi connectivity index (χ1n) is 6.81. The first-order chi connectivity index (χ1) is 11.0. The highest BCUT2D eigenvalue weighted by atomic mass is 19.1. The summed E-state index contributed by atoms with van der Waals surface area (Å²) in [4.78, 5) is 11.6. The molecule has 2 aromatic rings. The van der Waals surface area contributed by atoms with Crippen molar-refractivity contribution < 1.29 is 23.1 Å². The minimum absolute atomic E-state index is 0.0527. The molecule has 0 heterocycles. The monoisotopic (exact) mass is 321 g/mol. The summed E-state index contributed by atoms with van der Waals surface area (Å²) in [7, 11) is 0. The molecule has 2 aromatic carbocycles. The lowest BCUT2D eigenvalue weighted by molar-refractivity contribution is -0.116. The van der Waals surface area contributed by atoms with Crippen molar-refractivity contribution in [2.24, 2.45) is 0 Å². The van der Waals surface area contributed by atoms with Crippen LogP contribution in [0.1, 0.15) is 17.2 Å². The molecule has 3 nitrogen and oxygen atoms in total. The molecule has 0 aliphatic rings. The summed E-state index contributed by atoms with van der Waals surface area (Å²) in [6, 6.07) is 9.00. The molecule has 0 aliphatic carbocycles. The molecule has 0 saturated carbocycles. The highest BCUT2D eigenvalue weighted by Gasteiger charge is 2.12. The van der Waals surface area contributed by atoms with E-state index in [0.29, 0.717) is 0 Å². The molecule has 1 amide bonds. The zero-order chi connectivity index (χ0) is 16.8. The van der Waals surface area contributed by atoms with Gasteiger partial charge in [0.25, 0.3) is 0 Å². The van der Waals surface area contributed by atoms with Gasteiger partial charge in [-0.3, -0.25) is 4.79 Å². The Bertz CT molecular complexity index is 711. The lowest BCUT2D eigenvalue weighted by Gasteiger charge is -2.12. The second kappa shape index (κ2) is 7.60. The zero-order valence-corrected chi connectivity index (χ0v) is 12.0. The van der Waals surface area contributed by atoms with E-state index in [2.05, 4.69) is 5.32 Å². The van der Waals surface area contributed by atoms with Crippen LogP contribution in [0.2, 0.25) is 0 Å². The SMILES string of the molecule is O=C(/C=C/c1c(F)cccc1F)NCC(O)c1ccccc1F. The average molecular weight is 321 g/mol. The Morgan fingerprint density at radius 1 is 1.04 bits per heavy atom. The Kier molecular flexibility index (Phi) is 5.54. The number of nitrogens with one attached hydrogen (secondary N) is 1. The van der Waals surface area contributed by atoms with Gasteiger partial charge in [0.2, 0.25) is 5.91 Å². The highest BCUT2D eigenvalue weighted by Crippen LogP contribution is 2.16. The van der Waals surface area contributed by atoms with E-state index >= 15 is 0 Å². The predicted octanol–water partition coefficient (Wildman–Crippen LogP) is 2.97. The van der Waals surface area contributed by atoms with Crippen LogP contribution >= 0.6 is 0 Å². The molecule has 1 unspecified atom stereocenters. The quantitative estimate of drug-likeness (QED) is 0.832. The van der Waals surface area contributed by atoms with Gasteiger partial charge < -0.3 is 10.4 Å². The largest absolute Gasteiger partial charge is 0.386 e. The van der Waals surface area contributed by atoms with Crippen molar-refractivity contribution in [3.05, 3.63) is 77.1 Å². The van der Waals surface area contributed by atoms with Crippen LogP contribution in [0.15, 0.2) is 48.5 Å². The zero-order valence-electron chi connectivity index (χ0n) is 12.0. The third-order valence-electron chi connectivity index (χ3n) is 3.13. The molecule has 0 aliphatic heterocycles. The van der Waals surface area contributed by atoms with E-state index in [-0.39, 0.29) is 17.7 Å². The molecule has 0 fully saturated rings. The standard InChI is InChI=1S/C17H14F3NO2/c18-13-6-3-7-14(19)11(13)8-9-17(23)21-10-16(22)12-4-1-2-5-15(12)20/h1-9,16,22H,10H2,(H,21,23)/b9-8+. The maximum atomic E-state index is 13.5. The number of aliphatic hydroxyl groups is 1. The van der Waals surface area contributed by atoms with Gasteiger partial charge in [-0.25, -0.2) is 13.2 Å². The third kappa shape index (κ3) is 4.43. The number of carbonyl (C=O) groups excluding carboxylic acids is 1. The van der Waals surface area contributed by atoms with Crippen LogP contribution in [0.4, 0.5) is 13.2 Å². The van der Waals surface area contributed by atoms with Crippen LogP contribution in [0.25, 0.3) is 6.08 Å². The van der Waals surface area contributed by atoms with Crippen LogP contribution in [0.3, 0.4) is 0 Å². The fourth-order valence-corrected chi connectivity index (χ4v) is 1.94. The molecule has 2 rings (SSSR count). The van der Waals surface area contributed by atoms with Gasteiger partial charge in [0, 0.05) is 23.7 Å². The van der Waals surface area contributed by atoms with Crippen molar-refractivity contribution in [2.45, 2.75) is 6.10 Å². The summed E-state index contributed by atoms with van der Waals surface area (Å²) in [6.07, 6.45) is 0.712. The summed E-state index contributed by atoms with van der Waals surface area (Å²) in [5.74, 6) is -2.83. The summed E-state index contributed by atoms with van der Waals surface area (Å²) in [6.45, 7) is -0.232. The van der Waals surface area contributed by atoms with Crippen LogP contribution in [0.5, 0.6) is 0 Å². The van der Waals surface area contributed by atoms with E-state index in [0.717, 1.165) is 24.3 Å². The molecule has 0 radical (unpaired) electrons. The third-order valence-corrected chi connectivity index (χ3v) is 3.13. The topological polar surface area (TPSA) is 49.3 Å². The molecule has 1 atom stereocenters. The van der Waals surface area contributed by atoms with E-state index in [1.165, 1.54) is 24.3 Å². The molecule has 120 valence electrons. The van der Waals surface area contributed by atoms with Crippen molar-refractivity contribution in [3.8, 4) is 0 Å². The Morgan fingerprint density at radius 3 is 2.30 bits per heavy atom. The van der Waals surface area contributed by atoms with Gasteiger partial charge in [0.15, 0.2) is 0 Å². The number of rotatable bonds is 5. The number of benzene rings is 2. The molecule has 2 N–H and O–H groups in total. The van der Waals surface area contributed by atoms with Gasteiger partial charge >= 0.3 is 0 Å². The predicted molar refractivity (Wildman–Crippen MR) is 79.8 cm³/mol. The van der Waals surface area contributed by atoms with Gasteiger partial charge in [-0.15, -0.1) is 0 Å². The van der Waals surface area contributed by atoms with Crippen LogP contribution in [-0.4, -0.2) is 17.6 Å². The van der Waals surface area contributed by atoms with Crippen LogP contribution in [-0.2, 0) is 4.79 Å². The van der Waals surface area contributed by atoms with Crippen molar-refractivity contribution >= 4 is 12.0 Å². The summed E-state index contributed by atoms with van der Waals surface area (Å²) >= 11 is 0. The highest BCUT2D eigenvalue weighted by molar-refractivity contribution is 5.91. The molecule has 0 spiro atoms. The van der Waals surface area contributed by atoms with E-state index in [1.807, 2.05) is 0 Å². The summed E-state index contributed by atoms with van der Waals surface area (Å²) in [5, 5.41) is 12.2. The molecule has 0 saturated heterocycles. The molecule has 23 heavy (non-hydrogen) atoms. The van der Waals surface area contributed by atoms with E-state index in [4.69, 9.17) is 0 Å². The van der Waals surface area contributed by atoms with Gasteiger partial charge in [0.05, 0.1) is 6.10 Å². The second-order valence-electron chi connectivity index (χ2n) is 4.75. The fraction of sp³-hybridized carbons (Fsp3) is 0.118. The van der Waals surface area contributed by atoms with Crippen molar-refractivity contribution in [1.82, 2.24) is 5.32 Å². The van der Waals surface area contributed by atoms with Gasteiger partial charge in [0.1, 0.15) is 17.5 Å². The Morgan fingerprint density at radius 2 is 1.65 bits per heavy atom. The number of aliphatic hydroxyl groups excluding tert-OH is 1. The maximum Gasteiger partial charge on any atom is 0.244 e. The molecule has 0 aromatic heterocycles. The first-order valence-corrected chi connectivity index (χ1v) is 6.81. The number of carbonyl (C=O) groups is 1. The second-order valence-corrected chi connectivity index (χ2v) is 4.75. The smallest absolute Gasteiger partial charge is 0.244 e. The molecular formula is C17H14F3NO2. The summed E-state index contributed by atoms with van der Waals surface area (Å²) < 4.78 is 40.2. The Balaban J connectivity index is 1.95.